The Labute approximate surface area is 102 Å². The van der Waals surface area contributed by atoms with E-state index in [1.54, 1.807) is 12.1 Å². The lowest BCUT2D eigenvalue weighted by Crippen LogP contribution is -2.23. The molecule has 0 atom stereocenters. The third-order valence-corrected chi connectivity index (χ3v) is 3.77. The van der Waals surface area contributed by atoms with Crippen molar-refractivity contribution < 1.29 is 4.79 Å². The van der Waals surface area contributed by atoms with Crippen LogP contribution in [-0.4, -0.2) is 12.5 Å². The van der Waals surface area contributed by atoms with Gasteiger partial charge in [-0.15, -0.1) is 0 Å². The van der Waals surface area contributed by atoms with Crippen LogP contribution >= 0.6 is 0 Å². The molecule has 92 valence electrons. The van der Waals surface area contributed by atoms with Crippen molar-refractivity contribution in [3.63, 3.8) is 0 Å². The number of rotatable bonds is 6. The first-order valence-electron chi connectivity index (χ1n) is 6.25. The minimum Gasteiger partial charge on any atom is -0.366 e. The minimum absolute atomic E-state index is 0.368. The Balaban J connectivity index is 1.81. The Kier molecular flexibility index (Phi) is 3.48. The van der Waals surface area contributed by atoms with E-state index in [2.05, 4.69) is 12.2 Å². The van der Waals surface area contributed by atoms with Gasteiger partial charge in [-0.25, -0.2) is 0 Å². The van der Waals surface area contributed by atoms with Gasteiger partial charge < -0.3 is 11.1 Å². The topological polar surface area (TPSA) is 55.1 Å². The molecule has 3 N–H and O–H groups in total. The molecule has 17 heavy (non-hydrogen) atoms. The van der Waals surface area contributed by atoms with Gasteiger partial charge in [0, 0.05) is 18.7 Å². The Bertz CT molecular complexity index is 393. The van der Waals surface area contributed by atoms with Crippen LogP contribution in [0, 0.1) is 5.41 Å². The fourth-order valence-electron chi connectivity index (χ4n) is 2.09. The molecule has 3 heteroatoms. The van der Waals surface area contributed by atoms with E-state index in [4.69, 9.17) is 5.73 Å². The number of hydrogen-bond donors (Lipinski definition) is 2. The summed E-state index contributed by atoms with van der Waals surface area (Å²) in [6.45, 7) is 4.22. The van der Waals surface area contributed by atoms with Gasteiger partial charge >= 0.3 is 0 Å². The normalized spacial score (nSPS) is 16.8. The van der Waals surface area contributed by atoms with E-state index >= 15 is 0 Å². The Morgan fingerprint density at radius 3 is 2.47 bits per heavy atom. The van der Waals surface area contributed by atoms with Crippen LogP contribution in [0.3, 0.4) is 0 Å². The zero-order valence-corrected chi connectivity index (χ0v) is 10.3. The number of carbonyl (C=O) groups is 1. The van der Waals surface area contributed by atoms with E-state index in [0.717, 1.165) is 13.1 Å². The molecule has 1 saturated carbocycles. The summed E-state index contributed by atoms with van der Waals surface area (Å²) >= 11 is 0. The highest BCUT2D eigenvalue weighted by Gasteiger charge is 2.39. The Morgan fingerprint density at radius 1 is 1.35 bits per heavy atom. The van der Waals surface area contributed by atoms with Crippen LogP contribution in [0.2, 0.25) is 0 Å². The summed E-state index contributed by atoms with van der Waals surface area (Å²) in [5.74, 6) is -0.368. The molecule has 0 spiro atoms. The molecular formula is C14H20N2O. The number of amides is 1. The van der Waals surface area contributed by atoms with E-state index in [-0.39, 0.29) is 5.91 Å². The maximum atomic E-state index is 10.9. The fraction of sp³-hybridized carbons (Fsp3) is 0.500. The molecule has 2 rings (SSSR count). The summed E-state index contributed by atoms with van der Waals surface area (Å²) in [4.78, 5) is 10.9. The molecule has 0 heterocycles. The van der Waals surface area contributed by atoms with Crippen molar-refractivity contribution in [2.75, 3.05) is 6.54 Å². The molecule has 0 unspecified atom stereocenters. The van der Waals surface area contributed by atoms with Crippen LogP contribution < -0.4 is 11.1 Å². The first kappa shape index (κ1) is 12.1. The molecule has 1 aromatic rings. The van der Waals surface area contributed by atoms with Crippen molar-refractivity contribution in [3.8, 4) is 0 Å². The van der Waals surface area contributed by atoms with Crippen LogP contribution in [0.4, 0.5) is 0 Å². The first-order valence-corrected chi connectivity index (χ1v) is 6.25. The second-order valence-corrected chi connectivity index (χ2v) is 5.02. The quantitative estimate of drug-likeness (QED) is 0.789. The summed E-state index contributed by atoms with van der Waals surface area (Å²) < 4.78 is 0. The monoisotopic (exact) mass is 232 g/mol. The smallest absolute Gasteiger partial charge is 0.248 e. The second-order valence-electron chi connectivity index (χ2n) is 5.02. The number of nitrogens with two attached hydrogens (primary N) is 1. The standard InChI is InChI=1S/C14H20N2O/c1-2-14(7-8-14)10-16-9-11-3-5-12(6-4-11)13(15)17/h3-6,16H,2,7-10H2,1H3,(H2,15,17). The average Bonchev–Trinajstić information content (AvgIpc) is 3.10. The number of hydrogen-bond acceptors (Lipinski definition) is 2. The van der Waals surface area contributed by atoms with Crippen molar-refractivity contribution in [1.29, 1.82) is 0 Å². The van der Waals surface area contributed by atoms with E-state index in [1.165, 1.54) is 24.8 Å². The maximum Gasteiger partial charge on any atom is 0.248 e. The third-order valence-electron chi connectivity index (χ3n) is 3.77. The molecule has 0 bridgehead atoms. The SMILES string of the molecule is CCC1(CNCc2ccc(C(N)=O)cc2)CC1. The molecule has 1 amide bonds. The van der Waals surface area contributed by atoms with Gasteiger partial charge in [0.2, 0.25) is 5.91 Å². The zero-order valence-electron chi connectivity index (χ0n) is 10.3. The van der Waals surface area contributed by atoms with Gasteiger partial charge in [-0.2, -0.15) is 0 Å². The van der Waals surface area contributed by atoms with Gasteiger partial charge in [-0.05, 0) is 42.4 Å². The largest absolute Gasteiger partial charge is 0.366 e. The number of nitrogens with one attached hydrogen (secondary N) is 1. The predicted molar refractivity (Wildman–Crippen MR) is 68.6 cm³/mol. The highest BCUT2D eigenvalue weighted by atomic mass is 16.1. The minimum atomic E-state index is -0.368. The third kappa shape index (κ3) is 3.07. The van der Waals surface area contributed by atoms with Gasteiger partial charge in [0.1, 0.15) is 0 Å². The van der Waals surface area contributed by atoms with Crippen molar-refractivity contribution in [2.45, 2.75) is 32.7 Å². The van der Waals surface area contributed by atoms with Crippen molar-refractivity contribution in [3.05, 3.63) is 35.4 Å². The van der Waals surface area contributed by atoms with Crippen LogP contribution in [0.5, 0.6) is 0 Å². The van der Waals surface area contributed by atoms with Gasteiger partial charge in [0.05, 0.1) is 0 Å². The van der Waals surface area contributed by atoms with Crippen LogP contribution in [-0.2, 0) is 6.54 Å². The van der Waals surface area contributed by atoms with Crippen LogP contribution in [0.1, 0.15) is 42.1 Å². The van der Waals surface area contributed by atoms with Crippen molar-refractivity contribution in [2.24, 2.45) is 11.1 Å². The van der Waals surface area contributed by atoms with E-state index in [9.17, 15) is 4.79 Å². The lowest BCUT2D eigenvalue weighted by Gasteiger charge is -2.13. The number of benzene rings is 1. The molecule has 3 nitrogen and oxygen atoms in total. The summed E-state index contributed by atoms with van der Waals surface area (Å²) in [5, 5.41) is 3.49. The summed E-state index contributed by atoms with van der Waals surface area (Å²) in [7, 11) is 0. The van der Waals surface area contributed by atoms with Gasteiger partial charge in [0.15, 0.2) is 0 Å². The number of primary amides is 1. The van der Waals surface area contributed by atoms with Gasteiger partial charge in [-0.3, -0.25) is 4.79 Å². The molecule has 0 aromatic heterocycles. The number of carbonyl (C=O) groups excluding carboxylic acids is 1. The van der Waals surface area contributed by atoms with Crippen LogP contribution in [0.15, 0.2) is 24.3 Å². The van der Waals surface area contributed by atoms with Gasteiger partial charge in [-0.1, -0.05) is 19.1 Å². The molecule has 1 aliphatic rings. The Morgan fingerprint density at radius 2 is 2.00 bits per heavy atom. The first-order chi connectivity index (χ1) is 8.15. The lowest BCUT2D eigenvalue weighted by atomic mass is 10.0. The molecule has 0 saturated heterocycles. The summed E-state index contributed by atoms with van der Waals surface area (Å²) in [6, 6.07) is 7.48. The molecule has 0 aliphatic heterocycles. The van der Waals surface area contributed by atoms with Crippen molar-refractivity contribution in [1.82, 2.24) is 5.32 Å². The zero-order chi connectivity index (χ0) is 12.3. The molecule has 1 aromatic carbocycles. The van der Waals surface area contributed by atoms with Crippen molar-refractivity contribution >= 4 is 5.91 Å². The highest BCUT2D eigenvalue weighted by Crippen LogP contribution is 2.47. The Hall–Kier alpha value is -1.35. The van der Waals surface area contributed by atoms with Crippen LogP contribution in [0.25, 0.3) is 0 Å². The molecule has 0 radical (unpaired) electrons. The second kappa shape index (κ2) is 4.88. The maximum absolute atomic E-state index is 10.9. The summed E-state index contributed by atoms with van der Waals surface area (Å²) in [6.07, 6.45) is 3.98. The lowest BCUT2D eigenvalue weighted by molar-refractivity contribution is 0.100. The van der Waals surface area contributed by atoms with E-state index in [0.29, 0.717) is 11.0 Å². The van der Waals surface area contributed by atoms with E-state index in [1.807, 2.05) is 12.1 Å². The predicted octanol–water partition coefficient (Wildman–Crippen LogP) is 2.07. The highest BCUT2D eigenvalue weighted by molar-refractivity contribution is 5.92. The van der Waals surface area contributed by atoms with E-state index < -0.39 is 0 Å². The summed E-state index contributed by atoms with van der Waals surface area (Å²) in [5.41, 5.74) is 7.54. The van der Waals surface area contributed by atoms with Gasteiger partial charge in [0.25, 0.3) is 0 Å². The molecule has 1 fully saturated rings. The molecular weight excluding hydrogens is 212 g/mol. The fourth-order valence-corrected chi connectivity index (χ4v) is 2.09. The molecule has 1 aliphatic carbocycles. The average molecular weight is 232 g/mol.